The average Bonchev–Trinajstić information content (AvgIpc) is 2.92. The molecule has 0 amide bonds. The molecule has 0 unspecified atom stereocenters. The number of rotatable bonds is 8. The van der Waals surface area contributed by atoms with Gasteiger partial charge in [-0.2, -0.15) is 0 Å². The van der Waals surface area contributed by atoms with Crippen LogP contribution in [0, 0.1) is 6.92 Å². The van der Waals surface area contributed by atoms with Crippen LogP contribution in [-0.4, -0.2) is 92.0 Å². The van der Waals surface area contributed by atoms with Crippen molar-refractivity contribution < 1.29 is 27.8 Å². The summed E-state index contributed by atoms with van der Waals surface area (Å²) in [5.41, 5.74) is 4.05. The van der Waals surface area contributed by atoms with E-state index in [-0.39, 0.29) is 32.0 Å². The Hall–Kier alpha value is -2.53. The molecule has 0 spiro atoms. The van der Waals surface area contributed by atoms with E-state index in [0.717, 1.165) is 16.8 Å². The van der Waals surface area contributed by atoms with E-state index in [9.17, 15) is 13.2 Å². The van der Waals surface area contributed by atoms with Gasteiger partial charge in [-0.25, -0.2) is 17.7 Å². The van der Waals surface area contributed by atoms with Crippen LogP contribution in [0.4, 0.5) is 0 Å². The first-order valence-electron chi connectivity index (χ1n) is 12.8. The van der Waals surface area contributed by atoms with Crippen molar-refractivity contribution in [3.8, 4) is 17.1 Å². The molecule has 4 rings (SSSR count). The number of hydrogen-bond acceptors (Lipinski definition) is 8. The van der Waals surface area contributed by atoms with Gasteiger partial charge in [-0.1, -0.05) is 24.3 Å². The second-order valence-electron chi connectivity index (χ2n) is 9.97. The third kappa shape index (κ3) is 5.52. The van der Waals surface area contributed by atoms with Gasteiger partial charge in [-0.3, -0.25) is 4.79 Å². The lowest BCUT2D eigenvalue weighted by Gasteiger charge is -2.42. The normalized spacial score (nSPS) is 19.5. The van der Waals surface area contributed by atoms with Crippen molar-refractivity contribution in [2.45, 2.75) is 43.3 Å². The summed E-state index contributed by atoms with van der Waals surface area (Å²) in [5.74, 6) is 0.0595. The van der Waals surface area contributed by atoms with Gasteiger partial charge in [0, 0.05) is 24.7 Å². The molecule has 37 heavy (non-hydrogen) atoms. The number of aromatic nitrogens is 1. The molecule has 2 fully saturated rings. The van der Waals surface area contributed by atoms with Crippen molar-refractivity contribution in [2.75, 3.05) is 53.6 Å². The van der Waals surface area contributed by atoms with Gasteiger partial charge in [-0.05, 0) is 75.9 Å². The predicted molar refractivity (Wildman–Crippen MR) is 141 cm³/mol. The number of esters is 1. The molecule has 0 radical (unpaired) electrons. The Kier molecular flexibility index (Phi) is 8.52. The minimum Gasteiger partial charge on any atom is -0.475 e. The molecular formula is C27H37N3O6S. The monoisotopic (exact) mass is 531 g/mol. The SMILES string of the molecule is COC(=O)C1(S(=O)(=O)N2CCC(c3ccc(-c4cccc(OCCO)n4)c(C)c3)CC2)CCN(C)CC1. The van der Waals surface area contributed by atoms with E-state index >= 15 is 0 Å². The Morgan fingerprint density at radius 1 is 1.14 bits per heavy atom. The molecule has 9 nitrogen and oxygen atoms in total. The molecule has 10 heteroatoms. The summed E-state index contributed by atoms with van der Waals surface area (Å²) in [6, 6.07) is 11.9. The summed E-state index contributed by atoms with van der Waals surface area (Å²) in [4.78, 5) is 19.4. The third-order valence-corrected chi connectivity index (χ3v) is 10.3. The molecule has 2 aliphatic heterocycles. The topological polar surface area (TPSA) is 109 Å². The second-order valence-corrected chi connectivity index (χ2v) is 12.2. The number of benzene rings is 1. The molecule has 0 bridgehead atoms. The molecular weight excluding hydrogens is 494 g/mol. The van der Waals surface area contributed by atoms with E-state index in [1.165, 1.54) is 17.0 Å². The molecule has 2 saturated heterocycles. The Bertz CT molecular complexity index is 1200. The lowest BCUT2D eigenvalue weighted by atomic mass is 9.88. The number of nitrogens with zero attached hydrogens (tertiary/aromatic N) is 3. The van der Waals surface area contributed by atoms with Gasteiger partial charge < -0.3 is 19.5 Å². The predicted octanol–water partition coefficient (Wildman–Crippen LogP) is 2.57. The summed E-state index contributed by atoms with van der Waals surface area (Å²) < 4.78 is 37.9. The van der Waals surface area contributed by atoms with Gasteiger partial charge in [-0.15, -0.1) is 0 Å². The fourth-order valence-electron chi connectivity index (χ4n) is 5.43. The van der Waals surface area contributed by atoms with E-state index in [1.807, 2.05) is 31.0 Å². The Labute approximate surface area is 219 Å². The van der Waals surface area contributed by atoms with Gasteiger partial charge in [0.2, 0.25) is 15.9 Å². The summed E-state index contributed by atoms with van der Waals surface area (Å²) in [6.45, 7) is 4.02. The molecule has 2 aliphatic rings. The molecule has 0 atom stereocenters. The number of likely N-dealkylation sites (tertiary alicyclic amines) is 1. The minimum atomic E-state index is -3.85. The molecule has 1 aromatic carbocycles. The van der Waals surface area contributed by atoms with Gasteiger partial charge in [0.15, 0.2) is 4.75 Å². The van der Waals surface area contributed by atoms with Crippen molar-refractivity contribution in [1.29, 1.82) is 0 Å². The third-order valence-electron chi connectivity index (χ3n) is 7.70. The number of pyridine rings is 1. The lowest BCUT2D eigenvalue weighted by molar-refractivity contribution is -0.145. The number of aryl methyl sites for hydroxylation is 1. The van der Waals surface area contributed by atoms with E-state index in [0.29, 0.717) is 44.9 Å². The summed E-state index contributed by atoms with van der Waals surface area (Å²) in [5, 5.41) is 8.99. The Morgan fingerprint density at radius 2 is 1.84 bits per heavy atom. The molecule has 1 aromatic heterocycles. The van der Waals surface area contributed by atoms with Crippen LogP contribution in [0.1, 0.15) is 42.7 Å². The zero-order chi connectivity index (χ0) is 26.6. The quantitative estimate of drug-likeness (QED) is 0.518. The molecule has 1 N–H and O–H groups in total. The summed E-state index contributed by atoms with van der Waals surface area (Å²) in [6.07, 6.45) is 1.88. The fraction of sp³-hybridized carbons (Fsp3) is 0.556. The maximum atomic E-state index is 13.7. The van der Waals surface area contributed by atoms with Crippen LogP contribution in [0.25, 0.3) is 11.3 Å². The molecule has 202 valence electrons. The average molecular weight is 532 g/mol. The van der Waals surface area contributed by atoms with Crippen LogP contribution in [0.3, 0.4) is 0 Å². The van der Waals surface area contributed by atoms with Crippen molar-refractivity contribution in [3.05, 3.63) is 47.5 Å². The highest BCUT2D eigenvalue weighted by molar-refractivity contribution is 7.91. The number of piperidine rings is 2. The van der Waals surface area contributed by atoms with Crippen LogP contribution in [0.5, 0.6) is 5.88 Å². The number of carbonyl (C=O) groups excluding carboxylic acids is 1. The minimum absolute atomic E-state index is 0.0687. The van der Waals surface area contributed by atoms with E-state index in [4.69, 9.17) is 14.6 Å². The van der Waals surface area contributed by atoms with E-state index in [2.05, 4.69) is 23.2 Å². The van der Waals surface area contributed by atoms with Gasteiger partial charge in [0.1, 0.15) is 6.61 Å². The van der Waals surface area contributed by atoms with Crippen molar-refractivity contribution >= 4 is 16.0 Å². The number of ether oxygens (including phenoxy) is 2. The number of hydrogen-bond donors (Lipinski definition) is 1. The first-order valence-corrected chi connectivity index (χ1v) is 14.2. The van der Waals surface area contributed by atoms with Crippen LogP contribution >= 0.6 is 0 Å². The number of sulfonamides is 1. The first kappa shape index (κ1) is 27.5. The summed E-state index contributed by atoms with van der Waals surface area (Å²) in [7, 11) is -0.650. The molecule has 0 aliphatic carbocycles. The van der Waals surface area contributed by atoms with Crippen molar-refractivity contribution in [3.63, 3.8) is 0 Å². The standard InChI is InChI=1S/C27H37N3O6S/c1-20-19-22(7-8-23(20)24-5-4-6-25(28-24)36-18-17-31)21-9-13-30(14-10-21)37(33,34)27(26(32)35-3)11-15-29(2)16-12-27/h4-8,19,21,31H,9-18H2,1-3H3. The van der Waals surface area contributed by atoms with Crippen molar-refractivity contribution in [1.82, 2.24) is 14.2 Å². The van der Waals surface area contributed by atoms with Gasteiger partial charge >= 0.3 is 5.97 Å². The van der Waals surface area contributed by atoms with Crippen LogP contribution in [0.2, 0.25) is 0 Å². The second kappa shape index (κ2) is 11.5. The van der Waals surface area contributed by atoms with Crippen LogP contribution in [0.15, 0.2) is 36.4 Å². The first-order chi connectivity index (χ1) is 17.7. The van der Waals surface area contributed by atoms with Crippen molar-refractivity contribution in [2.24, 2.45) is 0 Å². The molecule has 2 aromatic rings. The van der Waals surface area contributed by atoms with Gasteiger partial charge in [0.25, 0.3) is 0 Å². The Morgan fingerprint density at radius 3 is 2.46 bits per heavy atom. The van der Waals surface area contributed by atoms with Crippen LogP contribution < -0.4 is 4.74 Å². The number of aliphatic hydroxyl groups excluding tert-OH is 1. The van der Waals surface area contributed by atoms with Gasteiger partial charge in [0.05, 0.1) is 19.4 Å². The van der Waals surface area contributed by atoms with E-state index < -0.39 is 20.7 Å². The zero-order valence-corrected chi connectivity index (χ0v) is 22.7. The maximum absolute atomic E-state index is 13.7. The highest BCUT2D eigenvalue weighted by Gasteiger charge is 2.55. The molecule has 0 saturated carbocycles. The van der Waals surface area contributed by atoms with E-state index in [1.54, 1.807) is 6.07 Å². The molecule has 3 heterocycles. The summed E-state index contributed by atoms with van der Waals surface area (Å²) >= 11 is 0. The fourth-order valence-corrected chi connectivity index (χ4v) is 7.61. The maximum Gasteiger partial charge on any atom is 0.328 e. The number of methoxy groups -OCH3 is 1. The highest BCUT2D eigenvalue weighted by Crippen LogP contribution is 2.38. The Balaban J connectivity index is 1.47. The highest BCUT2D eigenvalue weighted by atomic mass is 32.2. The smallest absolute Gasteiger partial charge is 0.328 e. The largest absolute Gasteiger partial charge is 0.475 e. The lowest BCUT2D eigenvalue weighted by Crippen LogP contribution is -2.59. The number of aliphatic hydroxyl groups is 1. The van der Waals surface area contributed by atoms with Crippen LogP contribution in [-0.2, 0) is 19.6 Å². The zero-order valence-electron chi connectivity index (χ0n) is 21.9. The number of carbonyl (C=O) groups is 1.